The third-order valence-corrected chi connectivity index (χ3v) is 6.87. The predicted molar refractivity (Wildman–Crippen MR) is 113 cm³/mol. The molecule has 0 spiro atoms. The maximum Gasteiger partial charge on any atom is 0.279 e. The van der Waals surface area contributed by atoms with E-state index in [0.717, 1.165) is 31.0 Å². The zero-order chi connectivity index (χ0) is 20.8. The summed E-state index contributed by atoms with van der Waals surface area (Å²) in [6, 6.07) is 1.84. The Morgan fingerprint density at radius 3 is 2.66 bits per heavy atom. The van der Waals surface area contributed by atoms with E-state index in [9.17, 15) is 9.59 Å². The molecule has 1 saturated heterocycles. The van der Waals surface area contributed by atoms with Crippen LogP contribution in [0.1, 0.15) is 34.0 Å². The lowest BCUT2D eigenvalue weighted by Gasteiger charge is -2.27. The van der Waals surface area contributed by atoms with Crippen LogP contribution in [-0.2, 0) is 22.5 Å². The van der Waals surface area contributed by atoms with Crippen LogP contribution in [0.4, 0.5) is 5.95 Å². The van der Waals surface area contributed by atoms with E-state index in [1.54, 1.807) is 0 Å². The molecule has 1 fully saturated rings. The first kappa shape index (κ1) is 21.6. The first-order chi connectivity index (χ1) is 14.0. The van der Waals surface area contributed by atoms with E-state index in [1.165, 1.54) is 28.0 Å². The molecule has 3 rings (SSSR count). The van der Waals surface area contributed by atoms with Crippen LogP contribution in [-0.4, -0.2) is 58.6 Å². The van der Waals surface area contributed by atoms with Gasteiger partial charge >= 0.3 is 0 Å². The fraction of sp³-hybridized carbons (Fsp3) is 0.556. The molecule has 158 valence electrons. The Kier molecular flexibility index (Phi) is 7.51. The maximum atomic E-state index is 12.2. The number of anilines is 1. The van der Waals surface area contributed by atoms with Crippen molar-refractivity contribution < 1.29 is 14.3 Å². The number of rotatable bonds is 7. The summed E-state index contributed by atoms with van der Waals surface area (Å²) in [5.74, 6) is 0.325. The monoisotopic (exact) mass is 438 g/mol. The van der Waals surface area contributed by atoms with E-state index in [2.05, 4.69) is 32.9 Å². The number of carbonyl (C=O) groups is 2. The number of carbonyl (C=O) groups excluding carboxylic acids is 2. The zero-order valence-corrected chi connectivity index (χ0v) is 18.5. The summed E-state index contributed by atoms with van der Waals surface area (Å²) >= 11 is 2.74. The highest BCUT2D eigenvalue weighted by molar-refractivity contribution is 7.99. The molecule has 9 nitrogen and oxygen atoms in total. The Morgan fingerprint density at radius 2 is 2.00 bits per heavy atom. The molecule has 1 aliphatic heterocycles. The van der Waals surface area contributed by atoms with Gasteiger partial charge in [0.15, 0.2) is 5.16 Å². The number of hydrazine groups is 1. The topological polar surface area (TPSA) is 101 Å². The van der Waals surface area contributed by atoms with Crippen molar-refractivity contribution in [2.24, 2.45) is 0 Å². The minimum Gasteiger partial charge on any atom is -0.378 e. The molecule has 2 aromatic heterocycles. The van der Waals surface area contributed by atoms with Crippen LogP contribution in [0.5, 0.6) is 0 Å². The van der Waals surface area contributed by atoms with Gasteiger partial charge in [-0.3, -0.25) is 25.0 Å². The van der Waals surface area contributed by atoms with Crippen LogP contribution < -0.4 is 15.8 Å². The Morgan fingerprint density at radius 1 is 1.24 bits per heavy atom. The molecule has 2 amide bonds. The molecule has 2 N–H and O–H groups in total. The number of hydrogen-bond acceptors (Lipinski definition) is 8. The normalized spacial score (nSPS) is 14.1. The lowest BCUT2D eigenvalue weighted by molar-refractivity contribution is -0.119. The highest BCUT2D eigenvalue weighted by atomic mass is 32.2. The van der Waals surface area contributed by atoms with E-state index in [4.69, 9.17) is 4.74 Å². The van der Waals surface area contributed by atoms with Gasteiger partial charge in [-0.15, -0.1) is 21.5 Å². The molecule has 0 aromatic carbocycles. The molecule has 1 aliphatic rings. The number of amides is 2. The van der Waals surface area contributed by atoms with Crippen molar-refractivity contribution in [1.82, 2.24) is 25.6 Å². The van der Waals surface area contributed by atoms with Crippen molar-refractivity contribution >= 4 is 40.9 Å². The molecule has 0 aliphatic carbocycles. The van der Waals surface area contributed by atoms with Crippen molar-refractivity contribution in [2.45, 2.75) is 38.9 Å². The Hall–Kier alpha value is -2.11. The van der Waals surface area contributed by atoms with Gasteiger partial charge in [0, 0.05) is 24.5 Å². The molecule has 0 bridgehead atoms. The molecular formula is C18H26N6O3S2. The Bertz CT molecular complexity index is 860. The molecule has 0 radical (unpaired) electrons. The summed E-state index contributed by atoms with van der Waals surface area (Å²) in [5.41, 5.74) is 6.04. The van der Waals surface area contributed by atoms with Gasteiger partial charge in [-0.1, -0.05) is 18.7 Å². The van der Waals surface area contributed by atoms with Crippen LogP contribution >= 0.6 is 23.1 Å². The van der Waals surface area contributed by atoms with Gasteiger partial charge < -0.3 is 9.64 Å². The van der Waals surface area contributed by atoms with Crippen molar-refractivity contribution in [3.63, 3.8) is 0 Å². The second-order valence-electron chi connectivity index (χ2n) is 6.49. The van der Waals surface area contributed by atoms with E-state index in [0.29, 0.717) is 29.8 Å². The average molecular weight is 439 g/mol. The van der Waals surface area contributed by atoms with Gasteiger partial charge in [0.1, 0.15) is 0 Å². The number of thioether (sulfide) groups is 1. The van der Waals surface area contributed by atoms with E-state index in [1.807, 2.05) is 24.5 Å². The van der Waals surface area contributed by atoms with Gasteiger partial charge in [0.2, 0.25) is 11.9 Å². The third-order valence-electron chi connectivity index (χ3n) is 4.52. The van der Waals surface area contributed by atoms with Gasteiger partial charge in [0.25, 0.3) is 5.91 Å². The van der Waals surface area contributed by atoms with Crippen molar-refractivity contribution in [3.05, 3.63) is 21.4 Å². The number of nitrogens with one attached hydrogen (secondary N) is 2. The van der Waals surface area contributed by atoms with Crippen LogP contribution in [0.15, 0.2) is 11.2 Å². The van der Waals surface area contributed by atoms with E-state index < -0.39 is 0 Å². The second kappa shape index (κ2) is 10.1. The highest BCUT2D eigenvalue weighted by Crippen LogP contribution is 2.23. The molecular weight excluding hydrogens is 412 g/mol. The molecule has 0 unspecified atom stereocenters. The summed E-state index contributed by atoms with van der Waals surface area (Å²) in [6.07, 6.45) is 0.886. The largest absolute Gasteiger partial charge is 0.378 e. The minimum absolute atomic E-state index is 0.130. The fourth-order valence-corrected chi connectivity index (χ4v) is 4.81. The number of ether oxygens (including phenoxy) is 1. The standard InChI is InChI=1S/C18H26N6O3S2/c1-4-13-12(3)10-14(29-13)16(26)20-19-15(25)11-28-18-22-21-17(24(18)5-2)23-6-8-27-9-7-23/h10H,4-9,11H2,1-3H3,(H,19,25)(H,20,26). The summed E-state index contributed by atoms with van der Waals surface area (Å²) in [4.78, 5) is 28.3. The Balaban J connectivity index is 1.51. The maximum absolute atomic E-state index is 12.2. The van der Waals surface area contributed by atoms with Gasteiger partial charge in [0.05, 0.1) is 23.8 Å². The summed E-state index contributed by atoms with van der Waals surface area (Å²) in [5, 5.41) is 9.19. The van der Waals surface area contributed by atoms with Crippen LogP contribution in [0.2, 0.25) is 0 Å². The van der Waals surface area contributed by atoms with Crippen LogP contribution in [0.25, 0.3) is 0 Å². The van der Waals surface area contributed by atoms with Gasteiger partial charge in [-0.05, 0) is 31.9 Å². The molecule has 3 heterocycles. The fourth-order valence-electron chi connectivity index (χ4n) is 3.00. The van der Waals surface area contributed by atoms with Crippen LogP contribution in [0.3, 0.4) is 0 Å². The quantitative estimate of drug-likeness (QED) is 0.500. The zero-order valence-electron chi connectivity index (χ0n) is 16.9. The van der Waals surface area contributed by atoms with Gasteiger partial charge in [-0.2, -0.15) is 0 Å². The molecule has 0 atom stereocenters. The molecule has 2 aromatic rings. The first-order valence-corrected chi connectivity index (χ1v) is 11.4. The number of hydrogen-bond donors (Lipinski definition) is 2. The number of thiophene rings is 1. The summed E-state index contributed by atoms with van der Waals surface area (Å²) in [7, 11) is 0. The summed E-state index contributed by atoms with van der Waals surface area (Å²) in [6.45, 7) is 9.66. The number of nitrogens with zero attached hydrogens (tertiary/aromatic N) is 4. The third kappa shape index (κ3) is 5.28. The highest BCUT2D eigenvalue weighted by Gasteiger charge is 2.20. The Labute approximate surface area is 178 Å². The molecule has 0 saturated carbocycles. The van der Waals surface area contributed by atoms with Crippen molar-refractivity contribution in [2.75, 3.05) is 37.0 Å². The van der Waals surface area contributed by atoms with Crippen LogP contribution in [0, 0.1) is 6.92 Å². The number of morpholine rings is 1. The predicted octanol–water partition coefficient (Wildman–Crippen LogP) is 1.62. The second-order valence-corrected chi connectivity index (χ2v) is 8.57. The minimum atomic E-state index is -0.303. The molecule has 29 heavy (non-hydrogen) atoms. The number of aromatic nitrogens is 3. The molecule has 11 heteroatoms. The first-order valence-electron chi connectivity index (χ1n) is 9.60. The van der Waals surface area contributed by atoms with E-state index in [-0.39, 0.29) is 17.6 Å². The van der Waals surface area contributed by atoms with E-state index >= 15 is 0 Å². The van der Waals surface area contributed by atoms with Gasteiger partial charge in [-0.25, -0.2) is 0 Å². The van der Waals surface area contributed by atoms with Crippen molar-refractivity contribution in [3.8, 4) is 0 Å². The summed E-state index contributed by atoms with van der Waals surface area (Å²) < 4.78 is 7.37. The lowest BCUT2D eigenvalue weighted by Crippen LogP contribution is -2.42. The lowest BCUT2D eigenvalue weighted by atomic mass is 10.2. The van der Waals surface area contributed by atoms with Crippen molar-refractivity contribution in [1.29, 1.82) is 0 Å². The SMILES string of the molecule is CCc1sc(C(=O)NNC(=O)CSc2nnc(N3CCOCC3)n2CC)cc1C. The number of aryl methyl sites for hydroxylation is 2. The smallest absolute Gasteiger partial charge is 0.279 e. The average Bonchev–Trinajstić information content (AvgIpc) is 3.33.